The van der Waals surface area contributed by atoms with Gasteiger partial charge in [-0.15, -0.1) is 0 Å². The summed E-state index contributed by atoms with van der Waals surface area (Å²) in [4.78, 5) is 45.9. The minimum atomic E-state index is -0.374. The summed E-state index contributed by atoms with van der Waals surface area (Å²) >= 11 is 0. The first kappa shape index (κ1) is 22.0. The number of ether oxygens (including phenoxy) is 1. The molecule has 182 valence electrons. The number of benzene rings is 2. The number of fused-ring (bicyclic) bond motifs is 4. The van der Waals surface area contributed by atoms with Gasteiger partial charge in [0, 0.05) is 42.9 Å². The van der Waals surface area contributed by atoms with Gasteiger partial charge in [0.2, 0.25) is 0 Å². The molecule has 3 aromatic heterocycles. The maximum Gasteiger partial charge on any atom is 0.331 e. The number of carbonyl (C=O) groups is 1. The summed E-state index contributed by atoms with van der Waals surface area (Å²) in [6, 6.07) is 17.3. The van der Waals surface area contributed by atoms with Crippen molar-refractivity contribution in [3.63, 3.8) is 0 Å². The molecule has 0 aliphatic carbocycles. The van der Waals surface area contributed by atoms with Crippen LogP contribution in [0.25, 0.3) is 33.2 Å². The fraction of sp³-hybridized carbons (Fsp3) is 0.222. The lowest BCUT2D eigenvalue weighted by Crippen LogP contribution is -2.38. The minimum Gasteiger partial charge on any atom is -0.484 e. The van der Waals surface area contributed by atoms with Crippen LogP contribution in [0.2, 0.25) is 0 Å². The standard InChI is InChI=1S/C27H25N5O4/c1-30-23-13-21(29-25(23)26(34)31(2)27(30)35)16-7-9-17(10-8-16)36-15-24(33)32-12-11-19-18-5-3-4-6-20(18)28-22(19)14-32/h3-10,13,28-29H,11-12,14-15H2,1-2H3. The van der Waals surface area contributed by atoms with Gasteiger partial charge in [-0.3, -0.25) is 18.7 Å². The van der Waals surface area contributed by atoms with Crippen LogP contribution in [0.15, 0.2) is 64.2 Å². The molecule has 0 saturated carbocycles. The summed E-state index contributed by atoms with van der Waals surface area (Å²) in [5, 5.41) is 1.23. The summed E-state index contributed by atoms with van der Waals surface area (Å²) in [5.74, 6) is 0.519. The number of nitrogens with one attached hydrogen (secondary N) is 2. The highest BCUT2D eigenvalue weighted by Crippen LogP contribution is 2.28. The van der Waals surface area contributed by atoms with E-state index in [0.717, 1.165) is 27.8 Å². The normalized spacial score (nSPS) is 13.3. The summed E-state index contributed by atoms with van der Waals surface area (Å²) in [7, 11) is 3.10. The van der Waals surface area contributed by atoms with Gasteiger partial charge in [0.15, 0.2) is 6.61 Å². The van der Waals surface area contributed by atoms with E-state index in [-0.39, 0.29) is 23.8 Å². The lowest BCUT2D eigenvalue weighted by molar-refractivity contribution is -0.134. The molecule has 1 aliphatic rings. The highest BCUT2D eigenvalue weighted by Gasteiger charge is 2.24. The Bertz CT molecular complexity index is 1750. The smallest absolute Gasteiger partial charge is 0.331 e. The second kappa shape index (κ2) is 8.30. The zero-order valence-electron chi connectivity index (χ0n) is 20.0. The fourth-order valence-electron chi connectivity index (χ4n) is 4.98. The molecule has 9 nitrogen and oxygen atoms in total. The van der Waals surface area contributed by atoms with Crippen molar-refractivity contribution in [2.24, 2.45) is 14.1 Å². The molecule has 0 radical (unpaired) electrons. The van der Waals surface area contributed by atoms with Crippen molar-refractivity contribution in [2.45, 2.75) is 13.0 Å². The molecular weight excluding hydrogens is 458 g/mol. The Kier molecular flexibility index (Phi) is 5.06. The zero-order valence-corrected chi connectivity index (χ0v) is 20.0. The van der Waals surface area contributed by atoms with Gasteiger partial charge >= 0.3 is 5.69 Å². The Morgan fingerprint density at radius 3 is 2.58 bits per heavy atom. The number of carbonyl (C=O) groups excluding carboxylic acids is 1. The van der Waals surface area contributed by atoms with Gasteiger partial charge < -0.3 is 19.6 Å². The van der Waals surface area contributed by atoms with Gasteiger partial charge in [0.05, 0.1) is 12.1 Å². The summed E-state index contributed by atoms with van der Waals surface area (Å²) in [5.41, 5.74) is 5.22. The van der Waals surface area contributed by atoms with Crippen LogP contribution in [-0.2, 0) is 31.9 Å². The van der Waals surface area contributed by atoms with E-state index < -0.39 is 0 Å². The Labute approximate surface area is 205 Å². The van der Waals surface area contributed by atoms with Gasteiger partial charge in [-0.1, -0.05) is 18.2 Å². The molecule has 2 N–H and O–H groups in total. The van der Waals surface area contributed by atoms with Crippen molar-refractivity contribution in [2.75, 3.05) is 13.2 Å². The number of aromatic amines is 2. The van der Waals surface area contributed by atoms with E-state index in [1.54, 1.807) is 25.2 Å². The zero-order chi connectivity index (χ0) is 25.0. The molecule has 4 heterocycles. The summed E-state index contributed by atoms with van der Waals surface area (Å²) < 4.78 is 8.30. The van der Waals surface area contributed by atoms with Crippen LogP contribution in [-0.4, -0.2) is 43.1 Å². The average molecular weight is 484 g/mol. The topological polar surface area (TPSA) is 105 Å². The van der Waals surface area contributed by atoms with E-state index in [9.17, 15) is 14.4 Å². The molecule has 2 aromatic carbocycles. The predicted octanol–water partition coefficient (Wildman–Crippen LogP) is 2.68. The number of aryl methyl sites for hydroxylation is 1. The van der Waals surface area contributed by atoms with Gasteiger partial charge in [-0.2, -0.15) is 0 Å². The van der Waals surface area contributed by atoms with E-state index in [2.05, 4.69) is 22.1 Å². The summed E-state index contributed by atoms with van der Waals surface area (Å²) in [6.07, 6.45) is 0.818. The maximum atomic E-state index is 12.8. The Hall–Kier alpha value is -4.53. The van der Waals surface area contributed by atoms with Crippen molar-refractivity contribution < 1.29 is 9.53 Å². The monoisotopic (exact) mass is 483 g/mol. The van der Waals surface area contributed by atoms with Gasteiger partial charge in [-0.25, -0.2) is 4.79 Å². The third-order valence-electron chi connectivity index (χ3n) is 7.01. The number of para-hydroxylation sites is 1. The second-order valence-electron chi connectivity index (χ2n) is 9.16. The Morgan fingerprint density at radius 1 is 1.00 bits per heavy atom. The van der Waals surface area contributed by atoms with Crippen LogP contribution in [0.1, 0.15) is 11.3 Å². The lowest BCUT2D eigenvalue weighted by Gasteiger charge is -2.27. The van der Waals surface area contributed by atoms with Crippen LogP contribution < -0.4 is 16.0 Å². The van der Waals surface area contributed by atoms with E-state index in [0.29, 0.717) is 35.6 Å². The predicted molar refractivity (Wildman–Crippen MR) is 137 cm³/mol. The van der Waals surface area contributed by atoms with Crippen LogP contribution in [0, 0.1) is 0 Å². The molecule has 1 aliphatic heterocycles. The first-order chi connectivity index (χ1) is 17.4. The molecule has 1 amide bonds. The molecule has 5 aromatic rings. The van der Waals surface area contributed by atoms with Crippen LogP contribution in [0.4, 0.5) is 0 Å². The first-order valence-electron chi connectivity index (χ1n) is 11.8. The molecule has 0 spiro atoms. The molecule has 6 rings (SSSR count). The average Bonchev–Trinajstić information content (AvgIpc) is 3.51. The van der Waals surface area contributed by atoms with Crippen molar-refractivity contribution in [1.82, 2.24) is 24.0 Å². The molecule has 0 saturated heterocycles. The van der Waals surface area contributed by atoms with Gasteiger partial charge in [-0.05, 0) is 53.9 Å². The van der Waals surface area contributed by atoms with Crippen molar-refractivity contribution in [3.8, 4) is 17.0 Å². The number of nitrogens with zero attached hydrogens (tertiary/aromatic N) is 3. The van der Waals surface area contributed by atoms with E-state index >= 15 is 0 Å². The van der Waals surface area contributed by atoms with Crippen molar-refractivity contribution >= 4 is 27.8 Å². The van der Waals surface area contributed by atoms with E-state index in [4.69, 9.17) is 4.74 Å². The van der Waals surface area contributed by atoms with Crippen LogP contribution in [0.5, 0.6) is 5.75 Å². The van der Waals surface area contributed by atoms with Crippen molar-refractivity contribution in [3.05, 3.63) is 86.7 Å². The molecule has 0 atom stereocenters. The molecule has 36 heavy (non-hydrogen) atoms. The minimum absolute atomic E-state index is 0.0422. The number of hydrogen-bond acceptors (Lipinski definition) is 4. The Balaban J connectivity index is 1.14. The lowest BCUT2D eigenvalue weighted by atomic mass is 10.0. The third-order valence-corrected chi connectivity index (χ3v) is 7.01. The SMILES string of the molecule is Cn1c(=O)c2[nH]c(-c3ccc(OCC(=O)N4CCc5c([nH]c6ccccc56)C4)cc3)cc2n(C)c1=O. The highest BCUT2D eigenvalue weighted by molar-refractivity contribution is 5.86. The molecule has 0 unspecified atom stereocenters. The molecule has 0 fully saturated rings. The van der Waals surface area contributed by atoms with Gasteiger partial charge in [0.1, 0.15) is 11.3 Å². The number of amides is 1. The fourth-order valence-corrected chi connectivity index (χ4v) is 4.98. The largest absolute Gasteiger partial charge is 0.484 e. The first-order valence-corrected chi connectivity index (χ1v) is 11.8. The molecular formula is C27H25N5O4. The maximum absolute atomic E-state index is 12.8. The van der Waals surface area contributed by atoms with Crippen LogP contribution in [0.3, 0.4) is 0 Å². The van der Waals surface area contributed by atoms with E-state index in [1.165, 1.54) is 22.6 Å². The van der Waals surface area contributed by atoms with Gasteiger partial charge in [0.25, 0.3) is 11.5 Å². The number of rotatable bonds is 4. The quantitative estimate of drug-likeness (QED) is 0.410. The summed E-state index contributed by atoms with van der Waals surface area (Å²) in [6.45, 7) is 1.17. The Morgan fingerprint density at radius 2 is 1.78 bits per heavy atom. The second-order valence-corrected chi connectivity index (χ2v) is 9.16. The molecule has 9 heteroatoms. The molecule has 0 bridgehead atoms. The third kappa shape index (κ3) is 3.51. The van der Waals surface area contributed by atoms with E-state index in [1.807, 2.05) is 29.2 Å². The number of aromatic nitrogens is 4. The number of hydrogen-bond donors (Lipinski definition) is 2. The van der Waals surface area contributed by atoms with Crippen LogP contribution >= 0.6 is 0 Å². The van der Waals surface area contributed by atoms with Crippen molar-refractivity contribution in [1.29, 1.82) is 0 Å². The highest BCUT2D eigenvalue weighted by atomic mass is 16.5. The number of H-pyrrole nitrogens is 2.